The van der Waals surface area contributed by atoms with Crippen molar-refractivity contribution in [1.82, 2.24) is 20.3 Å². The molecule has 0 spiro atoms. The van der Waals surface area contributed by atoms with Gasteiger partial charge in [-0.15, -0.1) is 11.3 Å². The van der Waals surface area contributed by atoms with Crippen LogP contribution in [0.25, 0.3) is 31.8 Å². The molecule has 2 aromatic carbocycles. The van der Waals surface area contributed by atoms with Gasteiger partial charge in [0.25, 0.3) is 0 Å². The average molecular weight is 479 g/mol. The van der Waals surface area contributed by atoms with Crippen LogP contribution in [-0.2, 0) is 11.2 Å². The lowest BCUT2D eigenvalue weighted by Gasteiger charge is -2.12. The fraction of sp³-hybridized carbons (Fsp3) is 0.360. The number of nitrogens with zero attached hydrogens (tertiary/aromatic N) is 3. The van der Waals surface area contributed by atoms with Crippen LogP contribution in [0, 0.1) is 12.8 Å². The Labute approximate surface area is 201 Å². The van der Waals surface area contributed by atoms with Gasteiger partial charge in [-0.25, -0.2) is 19.7 Å². The third kappa shape index (κ3) is 4.35. The first-order valence-electron chi connectivity index (χ1n) is 11.2. The van der Waals surface area contributed by atoms with Crippen LogP contribution >= 0.6 is 11.3 Å². The monoisotopic (exact) mass is 478 g/mol. The van der Waals surface area contributed by atoms with E-state index < -0.39 is 6.09 Å². The molecule has 1 amide bonds. The van der Waals surface area contributed by atoms with Gasteiger partial charge in [-0.3, -0.25) is 0 Å². The standard InChI is InChI=1S/C25H26N4O4S/c1-13(2)12-32-25(30)27-10-15-9-16-20(33-15)6-5-18-23(16)34-24(29-18)17-7-14(3)8-19-22(17)26-11-21(28-19)31-4/h5-8,11,13,15H,9-10,12H2,1-4H3,(H,27,30). The van der Waals surface area contributed by atoms with Gasteiger partial charge >= 0.3 is 6.09 Å². The molecule has 1 N–H and O–H groups in total. The molecular formula is C25H26N4O4S. The SMILES string of the molecule is COc1cnc2c(-c3nc4ccc5c(c4s3)CC(CNC(=O)OCC(C)C)O5)cc(C)cc2n1. The van der Waals surface area contributed by atoms with Crippen LogP contribution in [0.15, 0.2) is 30.5 Å². The van der Waals surface area contributed by atoms with Gasteiger partial charge in [0, 0.05) is 17.5 Å². The van der Waals surface area contributed by atoms with Gasteiger partial charge in [-0.05, 0) is 42.7 Å². The molecule has 1 aliphatic heterocycles. The van der Waals surface area contributed by atoms with Crippen molar-refractivity contribution in [2.45, 2.75) is 33.3 Å². The lowest BCUT2D eigenvalue weighted by Crippen LogP contribution is -2.35. The van der Waals surface area contributed by atoms with Crippen molar-refractivity contribution in [3.8, 4) is 22.2 Å². The number of fused-ring (bicyclic) bond motifs is 4. The van der Waals surface area contributed by atoms with Crippen molar-refractivity contribution in [3.63, 3.8) is 0 Å². The summed E-state index contributed by atoms with van der Waals surface area (Å²) in [7, 11) is 1.58. The summed E-state index contributed by atoms with van der Waals surface area (Å²) in [5.74, 6) is 1.62. The largest absolute Gasteiger partial charge is 0.488 e. The Morgan fingerprint density at radius 2 is 2.12 bits per heavy atom. The second-order valence-electron chi connectivity index (χ2n) is 8.82. The van der Waals surface area contributed by atoms with E-state index in [9.17, 15) is 4.79 Å². The zero-order valence-corrected chi connectivity index (χ0v) is 20.4. The van der Waals surface area contributed by atoms with Gasteiger partial charge in [-0.2, -0.15) is 0 Å². The van der Waals surface area contributed by atoms with Gasteiger partial charge in [0.15, 0.2) is 0 Å². The van der Waals surface area contributed by atoms with Gasteiger partial charge < -0.3 is 19.5 Å². The number of carbonyl (C=O) groups is 1. The minimum Gasteiger partial charge on any atom is -0.488 e. The van der Waals surface area contributed by atoms with E-state index in [-0.39, 0.29) is 6.10 Å². The number of nitrogens with one attached hydrogen (secondary N) is 1. The van der Waals surface area contributed by atoms with E-state index in [1.165, 1.54) is 0 Å². The van der Waals surface area contributed by atoms with Gasteiger partial charge in [0.05, 0.1) is 47.7 Å². The van der Waals surface area contributed by atoms with Crippen LogP contribution in [0.2, 0.25) is 0 Å². The van der Waals surface area contributed by atoms with Gasteiger partial charge in [0.1, 0.15) is 16.9 Å². The number of carbonyl (C=O) groups excluding carboxylic acids is 1. The van der Waals surface area contributed by atoms with E-state index in [0.717, 1.165) is 48.7 Å². The fourth-order valence-electron chi connectivity index (χ4n) is 4.01. The zero-order valence-electron chi connectivity index (χ0n) is 19.5. The molecular weight excluding hydrogens is 452 g/mol. The van der Waals surface area contributed by atoms with Crippen LogP contribution in [0.3, 0.4) is 0 Å². The molecule has 0 bridgehead atoms. The number of hydrogen-bond acceptors (Lipinski definition) is 8. The first kappa shape index (κ1) is 22.3. The molecule has 3 heterocycles. The van der Waals surface area contributed by atoms with E-state index in [1.807, 2.05) is 39.0 Å². The quantitative estimate of drug-likeness (QED) is 0.421. The number of amides is 1. The van der Waals surface area contributed by atoms with E-state index in [2.05, 4.69) is 21.4 Å². The number of thiazole rings is 1. The fourth-order valence-corrected chi connectivity index (χ4v) is 5.14. The Kier molecular flexibility index (Phi) is 5.95. The molecule has 34 heavy (non-hydrogen) atoms. The Hall–Kier alpha value is -3.46. The number of methoxy groups -OCH3 is 1. The Morgan fingerprint density at radius 1 is 1.26 bits per heavy atom. The summed E-state index contributed by atoms with van der Waals surface area (Å²) in [6, 6.07) is 8.02. The van der Waals surface area contributed by atoms with Crippen molar-refractivity contribution in [2.24, 2.45) is 5.92 Å². The summed E-state index contributed by atoms with van der Waals surface area (Å²) in [5.41, 5.74) is 5.63. The van der Waals surface area contributed by atoms with E-state index in [0.29, 0.717) is 31.4 Å². The molecule has 9 heteroatoms. The maximum atomic E-state index is 11.9. The molecule has 0 saturated heterocycles. The molecule has 8 nitrogen and oxygen atoms in total. The molecule has 0 aliphatic carbocycles. The molecule has 0 radical (unpaired) electrons. The molecule has 0 fully saturated rings. The molecule has 1 atom stereocenters. The van der Waals surface area contributed by atoms with Crippen LogP contribution in [0.5, 0.6) is 11.6 Å². The number of ether oxygens (including phenoxy) is 3. The average Bonchev–Trinajstić information content (AvgIpc) is 3.44. The van der Waals surface area contributed by atoms with E-state index in [4.69, 9.17) is 19.2 Å². The van der Waals surface area contributed by atoms with Crippen LogP contribution in [0.4, 0.5) is 4.79 Å². The van der Waals surface area contributed by atoms with E-state index >= 15 is 0 Å². The predicted molar refractivity (Wildman–Crippen MR) is 132 cm³/mol. The normalized spacial score (nSPS) is 14.9. The van der Waals surface area contributed by atoms with Crippen molar-refractivity contribution >= 4 is 38.7 Å². The summed E-state index contributed by atoms with van der Waals surface area (Å²) in [6.07, 6.45) is 1.77. The summed E-state index contributed by atoms with van der Waals surface area (Å²) < 4.78 is 17.6. The third-order valence-electron chi connectivity index (χ3n) is 5.57. The Balaban J connectivity index is 1.41. The van der Waals surface area contributed by atoms with Crippen LogP contribution in [0.1, 0.15) is 25.0 Å². The van der Waals surface area contributed by atoms with E-state index in [1.54, 1.807) is 24.6 Å². The molecule has 176 valence electrons. The highest BCUT2D eigenvalue weighted by Crippen LogP contribution is 2.41. The number of hydrogen-bond donors (Lipinski definition) is 1. The molecule has 5 rings (SSSR count). The summed E-state index contributed by atoms with van der Waals surface area (Å²) in [4.78, 5) is 26.0. The highest BCUT2D eigenvalue weighted by molar-refractivity contribution is 7.22. The number of alkyl carbamates (subject to hydrolysis) is 1. The smallest absolute Gasteiger partial charge is 0.407 e. The predicted octanol–water partition coefficient (Wildman–Crippen LogP) is 4.91. The molecule has 2 aromatic heterocycles. The molecule has 4 aromatic rings. The number of benzene rings is 2. The molecule has 0 saturated carbocycles. The van der Waals surface area contributed by atoms with Gasteiger partial charge in [0.2, 0.25) is 5.88 Å². The minimum absolute atomic E-state index is 0.143. The highest BCUT2D eigenvalue weighted by atomic mass is 32.1. The second-order valence-corrected chi connectivity index (χ2v) is 9.82. The maximum Gasteiger partial charge on any atom is 0.407 e. The first-order chi connectivity index (χ1) is 16.4. The second kappa shape index (κ2) is 9.06. The highest BCUT2D eigenvalue weighted by Gasteiger charge is 2.27. The zero-order chi connectivity index (χ0) is 23.8. The topological polar surface area (TPSA) is 95.5 Å². The van der Waals surface area contributed by atoms with Gasteiger partial charge in [-0.1, -0.05) is 13.8 Å². The van der Waals surface area contributed by atoms with Crippen molar-refractivity contribution < 1.29 is 19.0 Å². The lowest BCUT2D eigenvalue weighted by molar-refractivity contribution is 0.127. The van der Waals surface area contributed by atoms with Crippen molar-refractivity contribution in [3.05, 3.63) is 41.6 Å². The lowest BCUT2D eigenvalue weighted by atomic mass is 10.1. The maximum absolute atomic E-state index is 11.9. The minimum atomic E-state index is -0.414. The number of aryl methyl sites for hydroxylation is 1. The number of aromatic nitrogens is 3. The van der Waals surface area contributed by atoms with Crippen LogP contribution in [-0.4, -0.2) is 47.4 Å². The Morgan fingerprint density at radius 3 is 2.91 bits per heavy atom. The first-order valence-corrected chi connectivity index (χ1v) is 12.0. The molecule has 1 aliphatic rings. The summed E-state index contributed by atoms with van der Waals surface area (Å²) in [5, 5.41) is 3.69. The van der Waals surface area contributed by atoms with Crippen LogP contribution < -0.4 is 14.8 Å². The summed E-state index contributed by atoms with van der Waals surface area (Å²) in [6.45, 7) is 6.82. The number of rotatable bonds is 6. The Bertz CT molecular complexity index is 1380. The van der Waals surface area contributed by atoms with Crippen molar-refractivity contribution in [1.29, 1.82) is 0 Å². The third-order valence-corrected chi connectivity index (χ3v) is 6.74. The summed E-state index contributed by atoms with van der Waals surface area (Å²) >= 11 is 1.62. The molecule has 1 unspecified atom stereocenters. The van der Waals surface area contributed by atoms with Crippen molar-refractivity contribution in [2.75, 3.05) is 20.3 Å².